The Morgan fingerprint density at radius 3 is 2.94 bits per heavy atom. The van der Waals surface area contributed by atoms with Crippen molar-refractivity contribution in [2.24, 2.45) is 0 Å². The van der Waals surface area contributed by atoms with Crippen LogP contribution >= 0.6 is 11.3 Å². The molecule has 0 saturated carbocycles. The van der Waals surface area contributed by atoms with Crippen molar-refractivity contribution in [3.63, 3.8) is 0 Å². The Labute approximate surface area is 98.5 Å². The van der Waals surface area contributed by atoms with Crippen molar-refractivity contribution < 1.29 is 9.59 Å². The molecule has 16 heavy (non-hydrogen) atoms. The summed E-state index contributed by atoms with van der Waals surface area (Å²) in [6.07, 6.45) is 0. The summed E-state index contributed by atoms with van der Waals surface area (Å²) in [7, 11) is 1.79. The zero-order valence-electron chi connectivity index (χ0n) is 9.18. The van der Waals surface area contributed by atoms with E-state index in [1.807, 2.05) is 22.4 Å². The van der Waals surface area contributed by atoms with E-state index in [-0.39, 0.29) is 11.7 Å². The summed E-state index contributed by atoms with van der Waals surface area (Å²) in [6.45, 7) is 2.18. The first-order valence-corrected chi connectivity index (χ1v) is 6.08. The molecular formula is C11H14N2O2S. The number of Topliss-reactive ketones (excluding diaryl/α,β-unsaturated/α-hetero) is 1. The van der Waals surface area contributed by atoms with Crippen LogP contribution in [-0.2, 0) is 4.79 Å². The third-order valence-electron chi connectivity index (χ3n) is 2.70. The largest absolute Gasteiger partial charge is 0.343 e. The van der Waals surface area contributed by atoms with Gasteiger partial charge in [-0.15, -0.1) is 11.3 Å². The molecule has 0 N–H and O–H groups in total. The van der Waals surface area contributed by atoms with Crippen LogP contribution in [0.15, 0.2) is 17.5 Å². The Morgan fingerprint density at radius 1 is 1.50 bits per heavy atom. The number of amides is 1. The number of hydrogen-bond donors (Lipinski definition) is 0. The van der Waals surface area contributed by atoms with Crippen LogP contribution in [0.3, 0.4) is 0 Å². The lowest BCUT2D eigenvalue weighted by molar-refractivity contribution is -0.134. The molecule has 1 aliphatic rings. The van der Waals surface area contributed by atoms with Crippen molar-refractivity contribution >= 4 is 23.0 Å². The lowest BCUT2D eigenvalue weighted by Crippen LogP contribution is -2.49. The van der Waals surface area contributed by atoms with Crippen molar-refractivity contribution in [2.75, 3.05) is 33.2 Å². The van der Waals surface area contributed by atoms with Crippen molar-refractivity contribution in [3.8, 4) is 0 Å². The Hall–Kier alpha value is -1.20. The van der Waals surface area contributed by atoms with Crippen molar-refractivity contribution in [3.05, 3.63) is 22.4 Å². The minimum atomic E-state index is 0.0882. The lowest BCUT2D eigenvalue weighted by Gasteiger charge is -2.31. The molecule has 0 unspecified atom stereocenters. The van der Waals surface area contributed by atoms with Gasteiger partial charge in [0.2, 0.25) is 5.91 Å². The monoisotopic (exact) mass is 238 g/mol. The highest BCUT2D eigenvalue weighted by Crippen LogP contribution is 2.11. The van der Waals surface area contributed by atoms with Crippen LogP contribution in [0.25, 0.3) is 0 Å². The normalized spacial score (nSPS) is 17.8. The van der Waals surface area contributed by atoms with E-state index in [0.29, 0.717) is 19.6 Å². The van der Waals surface area contributed by atoms with Gasteiger partial charge in [0.15, 0.2) is 5.78 Å². The number of piperazine rings is 1. The molecule has 2 rings (SSSR count). The van der Waals surface area contributed by atoms with Crippen LogP contribution in [0.1, 0.15) is 9.67 Å². The highest BCUT2D eigenvalue weighted by atomic mass is 32.1. The molecule has 5 heteroatoms. The first kappa shape index (κ1) is 11.3. The first-order valence-electron chi connectivity index (χ1n) is 5.20. The Bertz CT molecular complexity index is 389. The summed E-state index contributed by atoms with van der Waals surface area (Å²) in [4.78, 5) is 27.6. The molecule has 1 aromatic rings. The van der Waals surface area contributed by atoms with E-state index in [9.17, 15) is 9.59 Å². The number of nitrogens with zero attached hydrogens (tertiary/aromatic N) is 2. The third-order valence-corrected chi connectivity index (χ3v) is 3.61. The van der Waals surface area contributed by atoms with E-state index >= 15 is 0 Å². The Kier molecular flexibility index (Phi) is 3.36. The minimum absolute atomic E-state index is 0.0882. The fourth-order valence-electron chi connectivity index (χ4n) is 1.66. The van der Waals surface area contributed by atoms with Crippen molar-refractivity contribution in [1.82, 2.24) is 9.80 Å². The second kappa shape index (κ2) is 4.76. The summed E-state index contributed by atoms with van der Waals surface area (Å²) in [5.41, 5.74) is 0. The molecule has 0 aromatic carbocycles. The first-order chi connectivity index (χ1) is 7.66. The zero-order valence-corrected chi connectivity index (χ0v) is 10.00. The Balaban J connectivity index is 1.91. The zero-order chi connectivity index (χ0) is 11.5. The molecule has 1 aromatic heterocycles. The van der Waals surface area contributed by atoms with Gasteiger partial charge >= 0.3 is 0 Å². The van der Waals surface area contributed by atoms with Crippen LogP contribution in [-0.4, -0.2) is 54.7 Å². The highest BCUT2D eigenvalue weighted by Gasteiger charge is 2.23. The second-order valence-electron chi connectivity index (χ2n) is 3.93. The number of thiophene rings is 1. The molecule has 1 fully saturated rings. The molecule has 1 amide bonds. The lowest BCUT2D eigenvalue weighted by atomic mass is 10.2. The van der Waals surface area contributed by atoms with Gasteiger partial charge in [-0.25, -0.2) is 0 Å². The maximum Gasteiger partial charge on any atom is 0.236 e. The predicted octanol–water partition coefficient (Wildman–Crippen LogP) is 0.705. The number of ketones is 1. The summed E-state index contributed by atoms with van der Waals surface area (Å²) < 4.78 is 0. The number of rotatable bonds is 3. The molecule has 0 spiro atoms. The molecule has 2 heterocycles. The maximum atomic E-state index is 11.8. The summed E-state index contributed by atoms with van der Waals surface area (Å²) >= 11 is 1.45. The standard InChI is InChI=1S/C11H14N2O2S/c1-12-4-5-13(8-11(12)15)7-9(14)10-3-2-6-16-10/h2-3,6H,4-5,7-8H2,1H3. The smallest absolute Gasteiger partial charge is 0.236 e. The van der Waals surface area contributed by atoms with Gasteiger partial charge in [-0.1, -0.05) is 6.07 Å². The van der Waals surface area contributed by atoms with E-state index in [0.717, 1.165) is 11.4 Å². The molecule has 1 aliphatic heterocycles. The molecule has 0 bridgehead atoms. The van der Waals surface area contributed by atoms with Crippen molar-refractivity contribution in [1.29, 1.82) is 0 Å². The van der Waals surface area contributed by atoms with Gasteiger partial charge in [0.05, 0.1) is 18.0 Å². The fourth-order valence-corrected chi connectivity index (χ4v) is 2.32. The maximum absolute atomic E-state index is 11.8. The minimum Gasteiger partial charge on any atom is -0.343 e. The molecule has 4 nitrogen and oxygen atoms in total. The van der Waals surface area contributed by atoms with Crippen LogP contribution in [0, 0.1) is 0 Å². The summed E-state index contributed by atoms with van der Waals surface area (Å²) in [5, 5.41) is 1.89. The molecule has 1 saturated heterocycles. The SMILES string of the molecule is CN1CCN(CC(=O)c2cccs2)CC1=O. The topological polar surface area (TPSA) is 40.6 Å². The molecule has 0 radical (unpaired) electrons. The van der Waals surface area contributed by atoms with Crippen LogP contribution in [0.4, 0.5) is 0 Å². The van der Waals surface area contributed by atoms with Gasteiger partial charge in [0.25, 0.3) is 0 Å². The van der Waals surface area contributed by atoms with Crippen LogP contribution < -0.4 is 0 Å². The molecular weight excluding hydrogens is 224 g/mol. The quantitative estimate of drug-likeness (QED) is 0.728. The van der Waals surface area contributed by atoms with Gasteiger partial charge in [0, 0.05) is 20.1 Å². The van der Waals surface area contributed by atoms with E-state index in [4.69, 9.17) is 0 Å². The van der Waals surface area contributed by atoms with E-state index in [1.165, 1.54) is 11.3 Å². The van der Waals surface area contributed by atoms with Crippen LogP contribution in [0.2, 0.25) is 0 Å². The molecule has 86 valence electrons. The van der Waals surface area contributed by atoms with Crippen LogP contribution in [0.5, 0.6) is 0 Å². The average molecular weight is 238 g/mol. The van der Waals surface area contributed by atoms with Gasteiger partial charge in [-0.05, 0) is 11.4 Å². The van der Waals surface area contributed by atoms with Gasteiger partial charge < -0.3 is 4.90 Å². The van der Waals surface area contributed by atoms with E-state index < -0.39 is 0 Å². The molecule has 0 atom stereocenters. The predicted molar refractivity (Wildman–Crippen MR) is 62.7 cm³/mol. The second-order valence-corrected chi connectivity index (χ2v) is 4.87. The average Bonchev–Trinajstić information content (AvgIpc) is 2.77. The third kappa shape index (κ3) is 2.48. The fraction of sp³-hybridized carbons (Fsp3) is 0.455. The number of likely N-dealkylation sites (N-methyl/N-ethyl adjacent to an activating group) is 1. The van der Waals surface area contributed by atoms with Crippen molar-refractivity contribution in [2.45, 2.75) is 0 Å². The van der Waals surface area contributed by atoms with Gasteiger partial charge in [-0.3, -0.25) is 14.5 Å². The summed E-state index contributed by atoms with van der Waals surface area (Å²) in [6, 6.07) is 3.69. The van der Waals surface area contributed by atoms with Gasteiger partial charge in [0.1, 0.15) is 0 Å². The Morgan fingerprint density at radius 2 is 2.31 bits per heavy atom. The van der Waals surface area contributed by atoms with E-state index in [1.54, 1.807) is 11.9 Å². The number of carbonyl (C=O) groups is 2. The number of carbonyl (C=O) groups excluding carboxylic acids is 2. The summed E-state index contributed by atoms with van der Waals surface area (Å²) in [5.74, 6) is 0.192. The molecule has 0 aliphatic carbocycles. The van der Waals surface area contributed by atoms with E-state index in [2.05, 4.69) is 0 Å². The van der Waals surface area contributed by atoms with Gasteiger partial charge in [-0.2, -0.15) is 0 Å². The number of hydrogen-bond acceptors (Lipinski definition) is 4. The highest BCUT2D eigenvalue weighted by molar-refractivity contribution is 7.12.